The van der Waals surface area contributed by atoms with E-state index >= 15 is 0 Å². The van der Waals surface area contributed by atoms with Crippen LogP contribution in [0.5, 0.6) is 0 Å². The van der Waals surface area contributed by atoms with Crippen molar-refractivity contribution in [1.29, 1.82) is 0 Å². The Bertz CT molecular complexity index is 501. The van der Waals surface area contributed by atoms with Crippen molar-refractivity contribution in [2.45, 2.75) is 45.1 Å². The molecule has 2 atom stereocenters. The number of hydrogen-bond donors (Lipinski definition) is 0. The number of fused-ring (bicyclic) bond motifs is 2. The smallest absolute Gasteiger partial charge is 0.141 e. The molecule has 1 aliphatic heterocycles. The fourth-order valence-electron chi connectivity index (χ4n) is 3.82. The number of rotatable bonds is 2. The average Bonchev–Trinajstić information content (AvgIpc) is 3.06. The second-order valence-corrected chi connectivity index (χ2v) is 6.80. The van der Waals surface area contributed by atoms with Gasteiger partial charge in [-0.2, -0.15) is 0 Å². The summed E-state index contributed by atoms with van der Waals surface area (Å²) in [5.74, 6) is 1.66. The maximum atomic E-state index is 11.8. The van der Waals surface area contributed by atoms with Gasteiger partial charge in [-0.15, -0.1) is 0 Å². The van der Waals surface area contributed by atoms with E-state index in [-0.39, 0.29) is 0 Å². The molecule has 0 N–H and O–H groups in total. The minimum absolute atomic E-state index is 0.336. The SMILES string of the molecule is O=C1C2CCC1CN(Cc1ccccc1)C2.O=C1CCCC1. The fourth-order valence-corrected chi connectivity index (χ4v) is 3.82. The Morgan fingerprint density at radius 2 is 1.50 bits per heavy atom. The van der Waals surface area contributed by atoms with Gasteiger partial charge in [0.1, 0.15) is 11.6 Å². The van der Waals surface area contributed by atoms with Crippen LogP contribution >= 0.6 is 0 Å². The van der Waals surface area contributed by atoms with Crippen LogP contribution in [0.3, 0.4) is 0 Å². The third kappa shape index (κ3) is 3.83. The number of piperidine rings is 1. The van der Waals surface area contributed by atoms with Crippen molar-refractivity contribution >= 4 is 11.6 Å². The first-order valence-corrected chi connectivity index (χ1v) is 8.54. The lowest BCUT2D eigenvalue weighted by Crippen LogP contribution is -2.41. The van der Waals surface area contributed by atoms with Gasteiger partial charge in [0.2, 0.25) is 0 Å². The fraction of sp³-hybridized carbons (Fsp3) is 0.579. The minimum Gasteiger partial charge on any atom is -0.300 e. The van der Waals surface area contributed by atoms with Gasteiger partial charge in [0.05, 0.1) is 0 Å². The number of carbonyl (C=O) groups is 2. The van der Waals surface area contributed by atoms with Gasteiger partial charge in [0.15, 0.2) is 0 Å². The number of likely N-dealkylation sites (tertiary alicyclic amines) is 1. The summed E-state index contributed by atoms with van der Waals surface area (Å²) in [6.45, 7) is 2.95. The Kier molecular flexibility index (Phi) is 5.04. The molecule has 2 saturated carbocycles. The Labute approximate surface area is 132 Å². The summed E-state index contributed by atoms with van der Waals surface area (Å²) < 4.78 is 0. The van der Waals surface area contributed by atoms with E-state index in [1.165, 1.54) is 5.56 Å². The molecule has 3 fully saturated rings. The quantitative estimate of drug-likeness (QED) is 0.841. The van der Waals surface area contributed by atoms with Crippen LogP contribution in [-0.2, 0) is 16.1 Å². The molecule has 3 heteroatoms. The van der Waals surface area contributed by atoms with E-state index in [4.69, 9.17) is 0 Å². The molecule has 2 unspecified atom stereocenters. The van der Waals surface area contributed by atoms with Crippen molar-refractivity contribution in [2.75, 3.05) is 13.1 Å². The van der Waals surface area contributed by atoms with E-state index in [9.17, 15) is 9.59 Å². The van der Waals surface area contributed by atoms with Crippen LogP contribution in [0.15, 0.2) is 30.3 Å². The minimum atomic E-state index is 0.336. The van der Waals surface area contributed by atoms with Crippen molar-refractivity contribution in [2.24, 2.45) is 11.8 Å². The summed E-state index contributed by atoms with van der Waals surface area (Å²) in [5.41, 5.74) is 1.36. The Morgan fingerprint density at radius 3 is 2.00 bits per heavy atom. The molecule has 118 valence electrons. The van der Waals surface area contributed by atoms with Crippen molar-refractivity contribution in [1.82, 2.24) is 4.90 Å². The second kappa shape index (κ2) is 7.19. The summed E-state index contributed by atoms with van der Waals surface area (Å²) >= 11 is 0. The normalized spacial score (nSPS) is 27.6. The molecule has 2 bridgehead atoms. The van der Waals surface area contributed by atoms with Gasteiger partial charge in [-0.25, -0.2) is 0 Å². The zero-order valence-corrected chi connectivity index (χ0v) is 13.2. The Morgan fingerprint density at radius 1 is 0.909 bits per heavy atom. The molecule has 4 rings (SSSR count). The average molecular weight is 299 g/mol. The first kappa shape index (κ1) is 15.4. The highest BCUT2D eigenvalue weighted by molar-refractivity contribution is 5.86. The highest BCUT2D eigenvalue weighted by atomic mass is 16.1. The molecule has 1 aromatic rings. The molecule has 1 heterocycles. The molecular formula is C19H25NO2. The molecule has 2 aliphatic carbocycles. The van der Waals surface area contributed by atoms with Gasteiger partial charge in [-0.05, 0) is 31.2 Å². The molecule has 3 aliphatic rings. The van der Waals surface area contributed by atoms with Crippen LogP contribution in [0.25, 0.3) is 0 Å². The van der Waals surface area contributed by atoms with Crippen LogP contribution in [0, 0.1) is 11.8 Å². The van der Waals surface area contributed by atoms with Gasteiger partial charge in [0.25, 0.3) is 0 Å². The van der Waals surface area contributed by atoms with E-state index in [1.807, 2.05) is 6.07 Å². The highest BCUT2D eigenvalue weighted by Crippen LogP contribution is 2.33. The van der Waals surface area contributed by atoms with E-state index in [2.05, 4.69) is 29.2 Å². The van der Waals surface area contributed by atoms with E-state index in [0.29, 0.717) is 23.4 Å². The first-order valence-electron chi connectivity index (χ1n) is 8.54. The molecule has 0 aromatic heterocycles. The molecule has 0 spiro atoms. The number of hydrogen-bond acceptors (Lipinski definition) is 3. The third-order valence-corrected chi connectivity index (χ3v) is 5.04. The summed E-state index contributed by atoms with van der Waals surface area (Å²) in [7, 11) is 0. The maximum absolute atomic E-state index is 11.8. The van der Waals surface area contributed by atoms with E-state index in [1.54, 1.807) is 0 Å². The number of benzene rings is 1. The molecular weight excluding hydrogens is 274 g/mol. The molecule has 0 amide bonds. The lowest BCUT2D eigenvalue weighted by atomic mass is 9.96. The molecule has 1 aromatic carbocycles. The molecule has 1 saturated heterocycles. The van der Waals surface area contributed by atoms with E-state index < -0.39 is 0 Å². The van der Waals surface area contributed by atoms with Gasteiger partial charge in [-0.1, -0.05) is 30.3 Å². The van der Waals surface area contributed by atoms with Gasteiger partial charge in [-0.3, -0.25) is 14.5 Å². The van der Waals surface area contributed by atoms with E-state index in [0.717, 1.165) is 58.2 Å². The molecule has 0 radical (unpaired) electrons. The summed E-state index contributed by atoms with van der Waals surface area (Å²) in [6.07, 6.45) is 6.21. The zero-order valence-electron chi connectivity index (χ0n) is 13.2. The molecule has 22 heavy (non-hydrogen) atoms. The monoisotopic (exact) mass is 299 g/mol. The number of carbonyl (C=O) groups excluding carboxylic acids is 2. The van der Waals surface area contributed by atoms with Gasteiger partial charge >= 0.3 is 0 Å². The molecule has 3 nitrogen and oxygen atoms in total. The zero-order chi connectivity index (χ0) is 15.4. The second-order valence-electron chi connectivity index (χ2n) is 6.80. The first-order chi connectivity index (χ1) is 10.7. The van der Waals surface area contributed by atoms with Crippen LogP contribution in [-0.4, -0.2) is 29.6 Å². The van der Waals surface area contributed by atoms with Gasteiger partial charge < -0.3 is 0 Å². The highest BCUT2D eigenvalue weighted by Gasteiger charge is 2.40. The van der Waals surface area contributed by atoms with Crippen LogP contribution in [0.1, 0.15) is 44.1 Å². The van der Waals surface area contributed by atoms with Crippen molar-refractivity contribution in [3.05, 3.63) is 35.9 Å². The lowest BCUT2D eigenvalue weighted by Gasteiger charge is -2.30. The standard InChI is InChI=1S/C14H17NO.C5H8O/c16-14-12-6-7-13(14)10-15(9-12)8-11-4-2-1-3-5-11;6-5-3-1-2-4-5/h1-5,12-13H,6-10H2;1-4H2. The topological polar surface area (TPSA) is 37.4 Å². The summed E-state index contributed by atoms with van der Waals surface area (Å²) in [4.78, 5) is 24.4. The third-order valence-electron chi connectivity index (χ3n) is 5.04. The maximum Gasteiger partial charge on any atom is 0.141 e. The largest absolute Gasteiger partial charge is 0.300 e. The summed E-state index contributed by atoms with van der Waals surface area (Å²) in [6, 6.07) is 10.5. The lowest BCUT2D eigenvalue weighted by molar-refractivity contribution is -0.127. The number of Topliss-reactive ketones (excluding diaryl/α,β-unsaturated/α-hetero) is 2. The predicted molar refractivity (Wildman–Crippen MR) is 86.4 cm³/mol. The summed E-state index contributed by atoms with van der Waals surface area (Å²) in [5, 5.41) is 0. The van der Waals surface area contributed by atoms with Crippen molar-refractivity contribution in [3.8, 4) is 0 Å². The number of nitrogens with zero attached hydrogens (tertiary/aromatic N) is 1. The Hall–Kier alpha value is -1.48. The number of ketones is 2. The Balaban J connectivity index is 0.000000202. The van der Waals surface area contributed by atoms with Crippen LogP contribution < -0.4 is 0 Å². The van der Waals surface area contributed by atoms with Gasteiger partial charge in [0, 0.05) is 44.3 Å². The predicted octanol–water partition coefficient (Wildman–Crippen LogP) is 3.23. The van der Waals surface area contributed by atoms with Crippen LogP contribution in [0.2, 0.25) is 0 Å². The van der Waals surface area contributed by atoms with Crippen LogP contribution in [0.4, 0.5) is 0 Å². The van der Waals surface area contributed by atoms with Crippen molar-refractivity contribution < 1.29 is 9.59 Å². The van der Waals surface area contributed by atoms with Crippen molar-refractivity contribution in [3.63, 3.8) is 0 Å².